The summed E-state index contributed by atoms with van der Waals surface area (Å²) in [5.41, 5.74) is 2.81. The highest BCUT2D eigenvalue weighted by Crippen LogP contribution is 2.26. The fourth-order valence-corrected chi connectivity index (χ4v) is 3.80. The molecule has 0 radical (unpaired) electrons. The molecule has 0 aliphatic carbocycles. The maximum atomic E-state index is 13.0. The number of carbonyl (C=O) groups is 1. The maximum absolute atomic E-state index is 13.0. The van der Waals surface area contributed by atoms with Crippen molar-refractivity contribution >= 4 is 16.8 Å². The van der Waals surface area contributed by atoms with E-state index >= 15 is 0 Å². The second kappa shape index (κ2) is 8.49. The van der Waals surface area contributed by atoms with Gasteiger partial charge < -0.3 is 14.4 Å². The highest BCUT2D eigenvalue weighted by molar-refractivity contribution is 5.97. The lowest BCUT2D eigenvalue weighted by Crippen LogP contribution is -2.48. The molecule has 0 bridgehead atoms. The molecule has 1 fully saturated rings. The van der Waals surface area contributed by atoms with Crippen LogP contribution in [0.25, 0.3) is 10.9 Å². The monoisotopic (exact) mass is 391 g/mol. The number of hydrogen-bond acceptors (Lipinski definition) is 5. The van der Waals surface area contributed by atoms with Gasteiger partial charge in [-0.25, -0.2) is 0 Å². The van der Waals surface area contributed by atoms with Gasteiger partial charge in [-0.3, -0.25) is 14.7 Å². The van der Waals surface area contributed by atoms with E-state index in [1.54, 1.807) is 32.4 Å². The summed E-state index contributed by atoms with van der Waals surface area (Å²) < 4.78 is 10.6. The van der Waals surface area contributed by atoms with Crippen LogP contribution in [0.3, 0.4) is 0 Å². The third-order valence-corrected chi connectivity index (χ3v) is 5.41. The second-order valence-electron chi connectivity index (χ2n) is 7.13. The lowest BCUT2D eigenvalue weighted by Gasteiger charge is -2.35. The van der Waals surface area contributed by atoms with E-state index in [-0.39, 0.29) is 5.91 Å². The van der Waals surface area contributed by atoms with Gasteiger partial charge in [-0.05, 0) is 29.8 Å². The summed E-state index contributed by atoms with van der Waals surface area (Å²) in [5.74, 6) is 1.20. The largest absolute Gasteiger partial charge is 0.497 e. The van der Waals surface area contributed by atoms with Gasteiger partial charge in [0.1, 0.15) is 11.5 Å². The zero-order valence-corrected chi connectivity index (χ0v) is 16.8. The summed E-state index contributed by atoms with van der Waals surface area (Å²) in [5, 5.41) is 1.16. The molecule has 1 aromatic heterocycles. The first-order valence-electron chi connectivity index (χ1n) is 9.76. The molecule has 1 saturated heterocycles. The first-order valence-corrected chi connectivity index (χ1v) is 9.76. The smallest absolute Gasteiger partial charge is 0.257 e. The Bertz CT molecular complexity index is 1010. The maximum Gasteiger partial charge on any atom is 0.257 e. The Hall–Kier alpha value is -3.12. The molecule has 4 rings (SSSR count). The van der Waals surface area contributed by atoms with Gasteiger partial charge >= 0.3 is 0 Å². The average Bonchev–Trinajstić information content (AvgIpc) is 2.79. The molecule has 0 unspecified atom stereocenters. The number of nitrogens with zero attached hydrogens (tertiary/aromatic N) is 3. The van der Waals surface area contributed by atoms with Crippen molar-refractivity contribution < 1.29 is 14.3 Å². The van der Waals surface area contributed by atoms with E-state index < -0.39 is 0 Å². The molecule has 6 heteroatoms. The molecule has 0 atom stereocenters. The number of aromatic nitrogens is 1. The Morgan fingerprint density at radius 3 is 2.55 bits per heavy atom. The first kappa shape index (κ1) is 19.2. The van der Waals surface area contributed by atoms with Gasteiger partial charge in [-0.1, -0.05) is 24.3 Å². The van der Waals surface area contributed by atoms with Crippen molar-refractivity contribution in [2.45, 2.75) is 6.54 Å². The fraction of sp³-hybridized carbons (Fsp3) is 0.304. The molecule has 2 aromatic carbocycles. The molecule has 6 nitrogen and oxygen atoms in total. The Labute approximate surface area is 170 Å². The molecule has 2 heterocycles. The van der Waals surface area contributed by atoms with Crippen molar-refractivity contribution in [1.82, 2.24) is 14.8 Å². The Kier molecular flexibility index (Phi) is 5.62. The highest BCUT2D eigenvalue weighted by Gasteiger charge is 2.25. The zero-order chi connectivity index (χ0) is 20.2. The molecule has 0 saturated carbocycles. The molecule has 1 aliphatic heterocycles. The van der Waals surface area contributed by atoms with Gasteiger partial charge in [0.25, 0.3) is 5.91 Å². The quantitative estimate of drug-likeness (QED) is 0.669. The van der Waals surface area contributed by atoms with Crippen molar-refractivity contribution in [3.63, 3.8) is 0 Å². The number of carbonyl (C=O) groups excluding carboxylic acids is 1. The van der Waals surface area contributed by atoms with Crippen molar-refractivity contribution in [3.05, 3.63) is 65.9 Å². The van der Waals surface area contributed by atoms with Gasteiger partial charge in [-0.2, -0.15) is 0 Å². The number of pyridine rings is 1. The second-order valence-corrected chi connectivity index (χ2v) is 7.13. The Balaban J connectivity index is 1.44. The van der Waals surface area contributed by atoms with E-state index in [4.69, 9.17) is 9.47 Å². The molecule has 0 spiro atoms. The minimum Gasteiger partial charge on any atom is -0.497 e. The van der Waals surface area contributed by atoms with Crippen LogP contribution in [0, 0.1) is 0 Å². The summed E-state index contributed by atoms with van der Waals surface area (Å²) in [6, 6.07) is 15.7. The average molecular weight is 391 g/mol. The minimum absolute atomic E-state index is 0.0211. The summed E-state index contributed by atoms with van der Waals surface area (Å²) in [4.78, 5) is 21.9. The third-order valence-electron chi connectivity index (χ3n) is 5.41. The molecule has 1 aliphatic rings. The summed E-state index contributed by atoms with van der Waals surface area (Å²) in [7, 11) is 3.17. The lowest BCUT2D eigenvalue weighted by molar-refractivity contribution is 0.0625. The highest BCUT2D eigenvalue weighted by atomic mass is 16.5. The van der Waals surface area contributed by atoms with Crippen LogP contribution in [0.1, 0.15) is 15.9 Å². The van der Waals surface area contributed by atoms with Gasteiger partial charge in [0.15, 0.2) is 0 Å². The van der Waals surface area contributed by atoms with Crippen LogP contribution in [0.4, 0.5) is 0 Å². The standard InChI is InChI=1S/C23H25N3O3/c1-28-19-8-9-21(29-2)20(15-19)23(27)26-13-11-25(12-14-26)16-18-6-3-5-17-7-4-10-24-22(17)18/h3-10,15H,11-14,16H2,1-2H3. The summed E-state index contributed by atoms with van der Waals surface area (Å²) >= 11 is 0. The number of para-hydroxylation sites is 1. The van der Waals surface area contributed by atoms with E-state index in [1.165, 1.54) is 5.56 Å². The van der Waals surface area contributed by atoms with E-state index in [0.29, 0.717) is 30.2 Å². The van der Waals surface area contributed by atoms with E-state index in [2.05, 4.69) is 34.1 Å². The van der Waals surface area contributed by atoms with Gasteiger partial charge in [-0.15, -0.1) is 0 Å². The Morgan fingerprint density at radius 2 is 1.79 bits per heavy atom. The van der Waals surface area contributed by atoms with Gasteiger partial charge in [0.05, 0.1) is 25.3 Å². The fourth-order valence-electron chi connectivity index (χ4n) is 3.80. The van der Waals surface area contributed by atoms with Crippen LogP contribution in [0.2, 0.25) is 0 Å². The molecule has 1 amide bonds. The third kappa shape index (κ3) is 4.03. The van der Waals surface area contributed by atoms with Gasteiger partial charge in [0, 0.05) is 44.3 Å². The van der Waals surface area contributed by atoms with Crippen LogP contribution < -0.4 is 9.47 Å². The number of amides is 1. The lowest BCUT2D eigenvalue weighted by atomic mass is 10.1. The number of hydrogen-bond donors (Lipinski definition) is 0. The zero-order valence-electron chi connectivity index (χ0n) is 16.8. The van der Waals surface area contributed by atoms with Crippen molar-refractivity contribution in [1.29, 1.82) is 0 Å². The van der Waals surface area contributed by atoms with Crippen LogP contribution in [0.15, 0.2) is 54.7 Å². The topological polar surface area (TPSA) is 54.9 Å². The molecule has 0 N–H and O–H groups in total. The summed E-state index contributed by atoms with van der Waals surface area (Å²) in [6.07, 6.45) is 1.84. The number of fused-ring (bicyclic) bond motifs is 1. The van der Waals surface area contributed by atoms with Crippen LogP contribution >= 0.6 is 0 Å². The number of benzene rings is 2. The number of piperazine rings is 1. The number of methoxy groups -OCH3 is 2. The first-order chi connectivity index (χ1) is 14.2. The van der Waals surface area contributed by atoms with E-state index in [0.717, 1.165) is 30.5 Å². The number of ether oxygens (including phenoxy) is 2. The predicted molar refractivity (Wildman–Crippen MR) is 112 cm³/mol. The predicted octanol–water partition coefficient (Wildman–Crippen LogP) is 3.21. The number of rotatable bonds is 5. The Morgan fingerprint density at radius 1 is 1.00 bits per heavy atom. The molecular weight excluding hydrogens is 366 g/mol. The summed E-state index contributed by atoms with van der Waals surface area (Å²) in [6.45, 7) is 3.83. The van der Waals surface area contributed by atoms with Crippen molar-refractivity contribution in [2.24, 2.45) is 0 Å². The normalized spacial score (nSPS) is 14.8. The van der Waals surface area contributed by atoms with Crippen LogP contribution in [-0.4, -0.2) is 61.1 Å². The molecular formula is C23H25N3O3. The SMILES string of the molecule is COc1ccc(OC)c(C(=O)N2CCN(Cc3cccc4cccnc34)CC2)c1. The van der Waals surface area contributed by atoms with Crippen LogP contribution in [0.5, 0.6) is 11.5 Å². The van der Waals surface area contributed by atoms with Crippen LogP contribution in [-0.2, 0) is 6.54 Å². The van der Waals surface area contributed by atoms with Crippen molar-refractivity contribution in [2.75, 3.05) is 40.4 Å². The molecule has 29 heavy (non-hydrogen) atoms. The van der Waals surface area contributed by atoms with Gasteiger partial charge in [0.2, 0.25) is 0 Å². The molecule has 150 valence electrons. The molecule has 3 aromatic rings. The minimum atomic E-state index is -0.0211. The van der Waals surface area contributed by atoms with E-state index in [1.807, 2.05) is 17.2 Å². The van der Waals surface area contributed by atoms with Crippen molar-refractivity contribution in [3.8, 4) is 11.5 Å². The van der Waals surface area contributed by atoms with E-state index in [9.17, 15) is 4.79 Å².